The molecule has 106 valence electrons. The number of urea groups is 1. The van der Waals surface area contributed by atoms with Crippen molar-refractivity contribution in [1.82, 2.24) is 10.6 Å². The normalized spacial score (nSPS) is 13.6. The molecular formula is C13H20N2O3S. The Morgan fingerprint density at radius 3 is 2.42 bits per heavy atom. The molecule has 0 aliphatic heterocycles. The molecule has 2 amide bonds. The zero-order valence-corrected chi connectivity index (χ0v) is 12.2. The summed E-state index contributed by atoms with van der Waals surface area (Å²) in [5.74, 6) is -0.921. The SMILES string of the molecule is Cc1ccc(CC(C)NC(=O)NC(C)CC(=O)O)s1. The monoisotopic (exact) mass is 284 g/mol. The highest BCUT2D eigenvalue weighted by atomic mass is 32.1. The standard InChI is InChI=1S/C13H20N2O3S/c1-8(6-11-5-4-10(3)19-11)14-13(18)15-9(2)7-12(16)17/h4-5,8-9H,6-7H2,1-3H3,(H,16,17)(H2,14,15,18). The fourth-order valence-electron chi connectivity index (χ4n) is 1.75. The Labute approximate surface area is 117 Å². The quantitative estimate of drug-likeness (QED) is 0.749. The lowest BCUT2D eigenvalue weighted by Gasteiger charge is -2.16. The molecule has 1 aromatic rings. The van der Waals surface area contributed by atoms with Gasteiger partial charge in [0.15, 0.2) is 0 Å². The van der Waals surface area contributed by atoms with Crippen molar-refractivity contribution < 1.29 is 14.7 Å². The number of hydrogen-bond acceptors (Lipinski definition) is 3. The van der Waals surface area contributed by atoms with Crippen LogP contribution in [0.25, 0.3) is 0 Å². The smallest absolute Gasteiger partial charge is 0.315 e. The lowest BCUT2D eigenvalue weighted by Crippen LogP contribution is -2.45. The third-order valence-electron chi connectivity index (χ3n) is 2.54. The van der Waals surface area contributed by atoms with E-state index >= 15 is 0 Å². The minimum atomic E-state index is -0.921. The minimum absolute atomic E-state index is 0.00933. The van der Waals surface area contributed by atoms with Gasteiger partial charge in [-0.1, -0.05) is 0 Å². The number of aryl methyl sites for hydroxylation is 1. The van der Waals surface area contributed by atoms with Gasteiger partial charge in [0, 0.05) is 28.3 Å². The van der Waals surface area contributed by atoms with Gasteiger partial charge in [0.25, 0.3) is 0 Å². The van der Waals surface area contributed by atoms with Crippen LogP contribution in [-0.4, -0.2) is 29.2 Å². The second-order valence-corrected chi connectivity index (χ2v) is 6.11. The van der Waals surface area contributed by atoms with Crippen LogP contribution in [0.4, 0.5) is 4.79 Å². The summed E-state index contributed by atoms with van der Waals surface area (Å²) in [6.07, 6.45) is 0.700. The summed E-state index contributed by atoms with van der Waals surface area (Å²) >= 11 is 1.72. The topological polar surface area (TPSA) is 78.4 Å². The summed E-state index contributed by atoms with van der Waals surface area (Å²) in [5, 5.41) is 14.0. The van der Waals surface area contributed by atoms with Crippen molar-refractivity contribution in [1.29, 1.82) is 0 Å². The molecule has 0 aliphatic rings. The zero-order valence-electron chi connectivity index (χ0n) is 11.4. The van der Waals surface area contributed by atoms with E-state index in [1.165, 1.54) is 9.75 Å². The van der Waals surface area contributed by atoms with Gasteiger partial charge in [-0.15, -0.1) is 11.3 Å². The molecule has 3 N–H and O–H groups in total. The molecule has 2 unspecified atom stereocenters. The molecule has 19 heavy (non-hydrogen) atoms. The Balaban J connectivity index is 2.33. The van der Waals surface area contributed by atoms with Crippen LogP contribution in [0.3, 0.4) is 0 Å². The predicted octanol–water partition coefficient (Wildman–Crippen LogP) is 2.15. The summed E-state index contributed by atoms with van der Waals surface area (Å²) in [4.78, 5) is 24.6. The zero-order chi connectivity index (χ0) is 14.4. The highest BCUT2D eigenvalue weighted by Crippen LogP contribution is 2.16. The van der Waals surface area contributed by atoms with Crippen LogP contribution >= 0.6 is 11.3 Å². The molecular weight excluding hydrogens is 264 g/mol. The second-order valence-electron chi connectivity index (χ2n) is 4.73. The maximum absolute atomic E-state index is 11.6. The van der Waals surface area contributed by atoms with Gasteiger partial charge in [0.05, 0.1) is 6.42 Å². The number of carbonyl (C=O) groups is 2. The maximum atomic E-state index is 11.6. The number of carboxylic acid groups (broad SMARTS) is 1. The van der Waals surface area contributed by atoms with E-state index in [9.17, 15) is 9.59 Å². The third-order valence-corrected chi connectivity index (χ3v) is 3.56. The molecule has 0 saturated carbocycles. The Morgan fingerprint density at radius 2 is 1.89 bits per heavy atom. The number of rotatable bonds is 6. The first kappa shape index (κ1) is 15.5. The Morgan fingerprint density at radius 1 is 1.26 bits per heavy atom. The van der Waals surface area contributed by atoms with Crippen LogP contribution in [0.5, 0.6) is 0 Å². The van der Waals surface area contributed by atoms with E-state index in [-0.39, 0.29) is 24.5 Å². The molecule has 0 fully saturated rings. The average molecular weight is 284 g/mol. The largest absolute Gasteiger partial charge is 0.481 e. The van der Waals surface area contributed by atoms with Crippen LogP contribution in [0.1, 0.15) is 30.0 Å². The summed E-state index contributed by atoms with van der Waals surface area (Å²) in [7, 11) is 0. The summed E-state index contributed by atoms with van der Waals surface area (Å²) < 4.78 is 0. The van der Waals surface area contributed by atoms with Crippen molar-refractivity contribution >= 4 is 23.3 Å². The molecule has 0 aromatic carbocycles. The van der Waals surface area contributed by atoms with Gasteiger partial charge in [0.1, 0.15) is 0 Å². The van der Waals surface area contributed by atoms with E-state index in [1.807, 2.05) is 13.8 Å². The molecule has 0 radical (unpaired) electrons. The Hall–Kier alpha value is -1.56. The first-order valence-corrected chi connectivity index (χ1v) is 7.02. The van der Waals surface area contributed by atoms with Gasteiger partial charge in [-0.3, -0.25) is 4.79 Å². The fraction of sp³-hybridized carbons (Fsp3) is 0.538. The van der Waals surface area contributed by atoms with E-state index in [0.29, 0.717) is 0 Å². The van der Waals surface area contributed by atoms with E-state index in [1.54, 1.807) is 18.3 Å². The number of carboxylic acids is 1. The molecule has 0 aliphatic carbocycles. The summed E-state index contributed by atoms with van der Waals surface area (Å²) in [5.41, 5.74) is 0. The minimum Gasteiger partial charge on any atom is -0.481 e. The highest BCUT2D eigenvalue weighted by Gasteiger charge is 2.13. The van der Waals surface area contributed by atoms with Gasteiger partial charge in [-0.25, -0.2) is 4.79 Å². The lowest BCUT2D eigenvalue weighted by molar-refractivity contribution is -0.137. The molecule has 0 bridgehead atoms. The van der Waals surface area contributed by atoms with Crippen LogP contribution in [-0.2, 0) is 11.2 Å². The Kier molecular flexibility index (Phi) is 5.82. The van der Waals surface area contributed by atoms with Crippen LogP contribution in [0.15, 0.2) is 12.1 Å². The highest BCUT2D eigenvalue weighted by molar-refractivity contribution is 7.11. The molecule has 1 heterocycles. The summed E-state index contributed by atoms with van der Waals surface area (Å²) in [6.45, 7) is 5.64. The molecule has 1 aromatic heterocycles. The predicted molar refractivity (Wildman–Crippen MR) is 75.6 cm³/mol. The molecule has 0 spiro atoms. The van der Waals surface area contributed by atoms with Crippen LogP contribution < -0.4 is 10.6 Å². The molecule has 6 heteroatoms. The molecule has 0 saturated heterocycles. The van der Waals surface area contributed by atoms with E-state index in [4.69, 9.17) is 5.11 Å². The van der Waals surface area contributed by atoms with Crippen molar-refractivity contribution in [3.8, 4) is 0 Å². The average Bonchev–Trinajstić information content (AvgIpc) is 2.61. The number of aliphatic carboxylic acids is 1. The van der Waals surface area contributed by atoms with Crippen molar-refractivity contribution in [2.45, 2.75) is 45.7 Å². The van der Waals surface area contributed by atoms with E-state index in [2.05, 4.69) is 22.8 Å². The molecule has 2 atom stereocenters. The third kappa shape index (κ3) is 6.24. The van der Waals surface area contributed by atoms with Gasteiger partial charge in [-0.2, -0.15) is 0 Å². The maximum Gasteiger partial charge on any atom is 0.315 e. The first-order chi connectivity index (χ1) is 8.86. The first-order valence-electron chi connectivity index (χ1n) is 6.21. The van der Waals surface area contributed by atoms with Crippen LogP contribution in [0.2, 0.25) is 0 Å². The van der Waals surface area contributed by atoms with Crippen LogP contribution in [0, 0.1) is 6.92 Å². The molecule has 1 rings (SSSR count). The van der Waals surface area contributed by atoms with Gasteiger partial charge >= 0.3 is 12.0 Å². The number of nitrogens with one attached hydrogen (secondary N) is 2. The van der Waals surface area contributed by atoms with Crippen molar-refractivity contribution in [3.63, 3.8) is 0 Å². The number of hydrogen-bond donors (Lipinski definition) is 3. The second kappa shape index (κ2) is 7.13. The number of amides is 2. The number of thiophene rings is 1. The molecule has 5 nitrogen and oxygen atoms in total. The number of carbonyl (C=O) groups excluding carboxylic acids is 1. The lowest BCUT2D eigenvalue weighted by atomic mass is 10.2. The van der Waals surface area contributed by atoms with Crippen molar-refractivity contribution in [2.24, 2.45) is 0 Å². The van der Waals surface area contributed by atoms with Crippen molar-refractivity contribution in [2.75, 3.05) is 0 Å². The van der Waals surface area contributed by atoms with Gasteiger partial charge in [0.2, 0.25) is 0 Å². The fourth-order valence-corrected chi connectivity index (χ4v) is 2.77. The summed E-state index contributed by atoms with van der Waals surface area (Å²) in [6, 6.07) is 3.42. The van der Waals surface area contributed by atoms with Gasteiger partial charge < -0.3 is 15.7 Å². The van der Waals surface area contributed by atoms with Crippen molar-refractivity contribution in [3.05, 3.63) is 21.9 Å². The van der Waals surface area contributed by atoms with E-state index < -0.39 is 5.97 Å². The Bertz CT molecular complexity index is 445. The van der Waals surface area contributed by atoms with Gasteiger partial charge in [-0.05, 0) is 32.9 Å². The van der Waals surface area contributed by atoms with E-state index in [0.717, 1.165) is 6.42 Å².